The Morgan fingerprint density at radius 2 is 2.23 bits per heavy atom. The zero-order chi connectivity index (χ0) is 15.5. The molecule has 1 aliphatic heterocycles. The van der Waals surface area contributed by atoms with Gasteiger partial charge in [-0.05, 0) is 19.3 Å². The van der Waals surface area contributed by atoms with Crippen molar-refractivity contribution in [2.45, 2.75) is 38.8 Å². The van der Waals surface area contributed by atoms with E-state index in [0.717, 1.165) is 55.7 Å². The number of carbonyl (C=O) groups is 1. The Labute approximate surface area is 128 Å². The maximum absolute atomic E-state index is 11.7. The van der Waals surface area contributed by atoms with E-state index in [0.29, 0.717) is 5.56 Å². The zero-order valence-electron chi connectivity index (χ0n) is 12.7. The Hall–Kier alpha value is -2.15. The number of nitrogens with zero attached hydrogens (tertiary/aromatic N) is 3. The number of rotatable bonds is 5. The molecule has 7 heteroatoms. The molecule has 1 amide bonds. The van der Waals surface area contributed by atoms with E-state index in [1.54, 1.807) is 12.4 Å². The van der Waals surface area contributed by atoms with Crippen LogP contribution >= 0.6 is 0 Å². The number of carbonyl (C=O) groups excluding carboxylic acids is 1. The van der Waals surface area contributed by atoms with Crippen molar-refractivity contribution >= 4 is 22.6 Å². The number of pyridine rings is 1. The van der Waals surface area contributed by atoms with Gasteiger partial charge >= 0.3 is 0 Å². The molecular formula is C15H21N5O2. The Bertz CT molecular complexity index is 676. The van der Waals surface area contributed by atoms with Crippen LogP contribution in [0.15, 0.2) is 12.4 Å². The Morgan fingerprint density at radius 1 is 1.45 bits per heavy atom. The van der Waals surface area contributed by atoms with Gasteiger partial charge in [0.2, 0.25) is 0 Å². The van der Waals surface area contributed by atoms with E-state index in [-0.39, 0.29) is 6.04 Å². The second kappa shape index (κ2) is 6.31. The topological polar surface area (TPSA) is 95.1 Å². The van der Waals surface area contributed by atoms with Gasteiger partial charge in [0.15, 0.2) is 5.65 Å². The minimum absolute atomic E-state index is 0.270. The van der Waals surface area contributed by atoms with E-state index in [4.69, 9.17) is 10.5 Å². The molecule has 0 spiro atoms. The number of hydrogen-bond acceptors (Lipinski definition) is 5. The molecule has 0 bridgehead atoms. The number of nitrogens with two attached hydrogens (primary N) is 1. The first-order valence-corrected chi connectivity index (χ1v) is 7.69. The Kier molecular flexibility index (Phi) is 4.24. The summed E-state index contributed by atoms with van der Waals surface area (Å²) in [6, 6.07) is 0.270. The van der Waals surface area contributed by atoms with Crippen molar-refractivity contribution in [1.82, 2.24) is 14.8 Å². The second-order valence-corrected chi connectivity index (χ2v) is 5.55. The van der Waals surface area contributed by atoms with E-state index in [9.17, 15) is 4.79 Å². The van der Waals surface area contributed by atoms with Gasteiger partial charge in [0.1, 0.15) is 0 Å². The van der Waals surface area contributed by atoms with Gasteiger partial charge in [-0.3, -0.25) is 4.79 Å². The summed E-state index contributed by atoms with van der Waals surface area (Å²) in [5.74, 6) is -0.479. The van der Waals surface area contributed by atoms with Crippen LogP contribution in [-0.2, 0) is 11.3 Å². The molecule has 22 heavy (non-hydrogen) atoms. The molecule has 0 aromatic carbocycles. The molecule has 1 saturated heterocycles. The molecule has 3 rings (SSSR count). The van der Waals surface area contributed by atoms with Gasteiger partial charge in [0, 0.05) is 32.0 Å². The predicted octanol–water partition coefficient (Wildman–Crippen LogP) is 1.53. The van der Waals surface area contributed by atoms with Crippen molar-refractivity contribution in [3.8, 4) is 0 Å². The molecule has 0 saturated carbocycles. The zero-order valence-corrected chi connectivity index (χ0v) is 12.7. The fourth-order valence-electron chi connectivity index (χ4n) is 2.79. The van der Waals surface area contributed by atoms with E-state index < -0.39 is 5.91 Å². The van der Waals surface area contributed by atoms with Crippen molar-refractivity contribution in [2.75, 3.05) is 18.5 Å². The number of anilines is 1. The summed E-state index contributed by atoms with van der Waals surface area (Å²) in [5.41, 5.74) is 7.44. The van der Waals surface area contributed by atoms with Crippen molar-refractivity contribution in [3.05, 3.63) is 18.0 Å². The van der Waals surface area contributed by atoms with Crippen LogP contribution in [0.4, 0.5) is 5.69 Å². The van der Waals surface area contributed by atoms with Crippen molar-refractivity contribution in [2.24, 2.45) is 5.73 Å². The van der Waals surface area contributed by atoms with Crippen LogP contribution in [0.1, 0.15) is 36.5 Å². The summed E-state index contributed by atoms with van der Waals surface area (Å²) in [6.07, 6.45) is 6.08. The monoisotopic (exact) mass is 303 g/mol. The number of nitrogens with one attached hydrogen (secondary N) is 1. The van der Waals surface area contributed by atoms with Gasteiger partial charge in [-0.1, -0.05) is 6.92 Å². The summed E-state index contributed by atoms with van der Waals surface area (Å²) in [6.45, 7) is 4.34. The predicted molar refractivity (Wildman–Crippen MR) is 83.8 cm³/mol. The molecule has 1 fully saturated rings. The quantitative estimate of drug-likeness (QED) is 0.873. The highest BCUT2D eigenvalue weighted by Crippen LogP contribution is 2.28. The number of aromatic nitrogens is 3. The molecule has 2 aromatic heterocycles. The van der Waals surface area contributed by atoms with E-state index >= 15 is 0 Å². The normalized spacial score (nSPS) is 16.0. The lowest BCUT2D eigenvalue weighted by atomic mass is 10.1. The minimum Gasteiger partial charge on any atom is -0.381 e. The molecule has 118 valence electrons. The van der Waals surface area contributed by atoms with Crippen molar-refractivity contribution in [3.63, 3.8) is 0 Å². The maximum atomic E-state index is 11.7. The highest BCUT2D eigenvalue weighted by molar-refractivity contribution is 6.05. The standard InChI is InChI=1S/C15H21N5O2/c1-2-5-20-15-12(9-18-20)13(11(8-17-15)14(16)21)19-10-3-6-22-7-4-10/h8-10H,2-7H2,1H3,(H2,16,21)(H,17,19). The summed E-state index contributed by atoms with van der Waals surface area (Å²) in [7, 11) is 0. The van der Waals surface area contributed by atoms with Crippen molar-refractivity contribution < 1.29 is 9.53 Å². The summed E-state index contributed by atoms with van der Waals surface area (Å²) < 4.78 is 7.23. The van der Waals surface area contributed by atoms with Crippen LogP contribution < -0.4 is 11.1 Å². The number of fused-ring (bicyclic) bond motifs is 1. The van der Waals surface area contributed by atoms with E-state index in [2.05, 4.69) is 22.3 Å². The fourth-order valence-corrected chi connectivity index (χ4v) is 2.79. The number of ether oxygens (including phenoxy) is 1. The Balaban J connectivity index is 2.02. The number of amides is 1. The maximum Gasteiger partial charge on any atom is 0.252 e. The third kappa shape index (κ3) is 2.76. The first-order chi connectivity index (χ1) is 10.7. The van der Waals surface area contributed by atoms with Gasteiger partial charge in [0.25, 0.3) is 5.91 Å². The molecule has 0 aliphatic carbocycles. The highest BCUT2D eigenvalue weighted by Gasteiger charge is 2.20. The molecule has 2 aromatic rings. The largest absolute Gasteiger partial charge is 0.381 e. The summed E-state index contributed by atoms with van der Waals surface area (Å²) >= 11 is 0. The van der Waals surface area contributed by atoms with E-state index in [1.807, 2.05) is 4.68 Å². The lowest BCUT2D eigenvalue weighted by molar-refractivity contribution is 0.0904. The average Bonchev–Trinajstić information content (AvgIpc) is 2.92. The molecule has 0 atom stereocenters. The number of hydrogen-bond donors (Lipinski definition) is 2. The first-order valence-electron chi connectivity index (χ1n) is 7.69. The Morgan fingerprint density at radius 3 is 2.91 bits per heavy atom. The van der Waals surface area contributed by atoms with Gasteiger partial charge in [-0.2, -0.15) is 5.10 Å². The average molecular weight is 303 g/mol. The third-order valence-corrected chi connectivity index (χ3v) is 3.94. The SMILES string of the molecule is CCCn1ncc2c(NC3CCOCC3)c(C(N)=O)cnc21. The van der Waals surface area contributed by atoms with Crippen LogP contribution in [-0.4, -0.2) is 39.9 Å². The fraction of sp³-hybridized carbons (Fsp3) is 0.533. The summed E-state index contributed by atoms with van der Waals surface area (Å²) in [5, 5.41) is 8.68. The number of primary amides is 1. The van der Waals surface area contributed by atoms with Gasteiger partial charge < -0.3 is 15.8 Å². The van der Waals surface area contributed by atoms with Crippen LogP contribution in [0.25, 0.3) is 11.0 Å². The van der Waals surface area contributed by atoms with Gasteiger partial charge in [-0.25, -0.2) is 9.67 Å². The summed E-state index contributed by atoms with van der Waals surface area (Å²) in [4.78, 5) is 16.1. The van der Waals surface area contributed by atoms with E-state index in [1.165, 1.54) is 0 Å². The third-order valence-electron chi connectivity index (χ3n) is 3.94. The molecule has 3 N–H and O–H groups in total. The molecule has 0 radical (unpaired) electrons. The van der Waals surface area contributed by atoms with Crippen molar-refractivity contribution in [1.29, 1.82) is 0 Å². The smallest absolute Gasteiger partial charge is 0.252 e. The second-order valence-electron chi connectivity index (χ2n) is 5.55. The number of aryl methyl sites for hydroxylation is 1. The van der Waals surface area contributed by atoms with Crippen LogP contribution in [0.3, 0.4) is 0 Å². The van der Waals surface area contributed by atoms with Crippen LogP contribution in [0, 0.1) is 0 Å². The van der Waals surface area contributed by atoms with Gasteiger partial charge in [0.05, 0.1) is 22.8 Å². The lowest BCUT2D eigenvalue weighted by Crippen LogP contribution is -2.29. The van der Waals surface area contributed by atoms with Gasteiger partial charge in [-0.15, -0.1) is 0 Å². The molecule has 0 unspecified atom stereocenters. The first kappa shape index (κ1) is 14.8. The molecule has 3 heterocycles. The van der Waals surface area contributed by atoms with Crippen LogP contribution in [0.2, 0.25) is 0 Å². The highest BCUT2D eigenvalue weighted by atomic mass is 16.5. The lowest BCUT2D eigenvalue weighted by Gasteiger charge is -2.25. The van der Waals surface area contributed by atoms with Crippen LogP contribution in [0.5, 0.6) is 0 Å². The molecule has 7 nitrogen and oxygen atoms in total. The molecular weight excluding hydrogens is 282 g/mol. The minimum atomic E-state index is -0.479. The molecule has 1 aliphatic rings.